The van der Waals surface area contributed by atoms with E-state index in [0.29, 0.717) is 24.8 Å². The molecule has 4 saturated carbocycles. The van der Waals surface area contributed by atoms with E-state index in [-0.39, 0.29) is 49.3 Å². The van der Waals surface area contributed by atoms with Gasteiger partial charge in [-0.1, -0.05) is 32.3 Å². The van der Waals surface area contributed by atoms with Crippen LogP contribution in [0.2, 0.25) is 0 Å². The van der Waals surface area contributed by atoms with Crippen molar-refractivity contribution < 1.29 is 22.4 Å². The van der Waals surface area contributed by atoms with Gasteiger partial charge in [0.25, 0.3) is 0 Å². The maximum absolute atomic E-state index is 12.7. The number of nitrogens with zero attached hydrogens (tertiary/aromatic N) is 1. The van der Waals surface area contributed by atoms with Gasteiger partial charge in [-0.05, 0) is 47.8 Å². The van der Waals surface area contributed by atoms with Crippen LogP contribution in [0.1, 0.15) is 82.5 Å². The Kier molecular flexibility index (Phi) is 7.46. The topological polar surface area (TPSA) is 83.8 Å². The van der Waals surface area contributed by atoms with Gasteiger partial charge in [-0.25, -0.2) is 22.5 Å². The monoisotopic (exact) mass is 496 g/mol. The van der Waals surface area contributed by atoms with Crippen LogP contribution < -0.4 is 11.1 Å². The molecule has 6 rings (SSSR count). The fourth-order valence-corrected chi connectivity index (χ4v) is 5.53. The van der Waals surface area contributed by atoms with Crippen molar-refractivity contribution >= 4 is 16.9 Å². The summed E-state index contributed by atoms with van der Waals surface area (Å²) in [5.74, 6) is -3.85. The molecule has 35 heavy (non-hydrogen) atoms. The number of nitrogens with two attached hydrogens (primary N) is 1. The Labute approximate surface area is 203 Å². The van der Waals surface area contributed by atoms with Crippen LogP contribution in [0.15, 0.2) is 18.2 Å². The molecule has 0 radical (unpaired) electrons. The molecule has 4 aliphatic rings. The number of rotatable bonds is 5. The highest BCUT2D eigenvalue weighted by molar-refractivity contribution is 5.78. The summed E-state index contributed by atoms with van der Waals surface area (Å²) < 4.78 is 50.2. The number of hydrogen-bond donors (Lipinski definition) is 3. The van der Waals surface area contributed by atoms with Crippen LogP contribution in [-0.4, -0.2) is 27.7 Å². The molecule has 1 aromatic carbocycles. The minimum atomic E-state index is -2.57. The molecule has 0 saturated heterocycles. The van der Waals surface area contributed by atoms with E-state index in [1.807, 2.05) is 18.2 Å². The van der Waals surface area contributed by atoms with Gasteiger partial charge < -0.3 is 16.0 Å². The van der Waals surface area contributed by atoms with Crippen molar-refractivity contribution in [3.05, 3.63) is 29.6 Å². The van der Waals surface area contributed by atoms with Gasteiger partial charge in [0.15, 0.2) is 0 Å². The van der Waals surface area contributed by atoms with E-state index in [2.05, 4.69) is 22.2 Å². The van der Waals surface area contributed by atoms with Crippen LogP contribution in [0.25, 0.3) is 11.0 Å². The van der Waals surface area contributed by atoms with Crippen molar-refractivity contribution in [3.63, 3.8) is 0 Å². The minimum absolute atomic E-state index is 0.100. The highest BCUT2D eigenvalue weighted by Gasteiger charge is 2.60. The minimum Gasteiger partial charge on any atom is -0.352 e. The average Bonchev–Trinajstić information content (AvgIpc) is 3.54. The van der Waals surface area contributed by atoms with Crippen LogP contribution in [-0.2, 0) is 17.9 Å². The number of H-pyrrole nitrogens is 1. The lowest BCUT2D eigenvalue weighted by atomic mass is 9.51. The lowest BCUT2D eigenvalue weighted by Crippen LogP contribution is -2.52. The number of alkyl halides is 4. The fraction of sp³-hybridized carbons (Fsp3) is 0.692. The maximum atomic E-state index is 12.7. The zero-order chi connectivity index (χ0) is 25.3. The Bertz CT molecular complexity index is 1010. The third-order valence-corrected chi connectivity index (χ3v) is 7.11. The van der Waals surface area contributed by atoms with E-state index in [1.54, 1.807) is 0 Å². The summed E-state index contributed by atoms with van der Waals surface area (Å²) in [4.78, 5) is 19.2. The smallest absolute Gasteiger partial charge is 0.249 e. The first-order chi connectivity index (χ1) is 16.5. The Balaban J connectivity index is 0.000000181. The summed E-state index contributed by atoms with van der Waals surface area (Å²) in [5, 5.41) is 2.77. The third kappa shape index (κ3) is 7.18. The highest BCUT2D eigenvalue weighted by Crippen LogP contribution is 2.64. The van der Waals surface area contributed by atoms with Crippen LogP contribution in [0.3, 0.4) is 0 Å². The first kappa shape index (κ1) is 25.9. The number of amides is 1. The van der Waals surface area contributed by atoms with Crippen molar-refractivity contribution in [1.29, 1.82) is 0 Å². The predicted molar refractivity (Wildman–Crippen MR) is 127 cm³/mol. The number of halogens is 4. The number of imidazole rings is 1. The molecule has 5 nitrogen and oxygen atoms in total. The standard InChI is InChI=1S/C15H18F2N4O.C8H12F2.C3H6/c16-15(17)5-10(6-15)4-14(22)19-8-9-1-2-11-12(3-9)21-13(7-18)20-11;1-6-2-7(3-6)4-8(9,10)5-7;1-2-3-1/h1-3,10H,4-8,18H2,(H,19,22)(H,20,21);6H,2-5H2,1H3;1-3H2. The van der Waals surface area contributed by atoms with Crippen molar-refractivity contribution in [2.45, 2.75) is 96.1 Å². The SMILES string of the molecule is C1CC1.CC1CC2(C1)CC(F)(F)C2.NCc1nc2ccc(CNC(=O)CC3CC(F)(F)C3)cc2[nH]1. The number of nitrogens with one attached hydrogen (secondary N) is 2. The molecule has 194 valence electrons. The van der Waals surface area contributed by atoms with Gasteiger partial charge in [-0.15, -0.1) is 0 Å². The largest absolute Gasteiger partial charge is 0.352 e. The third-order valence-electron chi connectivity index (χ3n) is 7.11. The van der Waals surface area contributed by atoms with Gasteiger partial charge in [-0.2, -0.15) is 0 Å². The van der Waals surface area contributed by atoms with Crippen molar-refractivity contribution in [3.8, 4) is 0 Å². The highest BCUT2D eigenvalue weighted by atomic mass is 19.3. The van der Waals surface area contributed by atoms with Crippen molar-refractivity contribution in [2.75, 3.05) is 0 Å². The number of carbonyl (C=O) groups excluding carboxylic acids is 1. The number of benzene rings is 1. The van der Waals surface area contributed by atoms with Crippen LogP contribution in [0.5, 0.6) is 0 Å². The van der Waals surface area contributed by atoms with Gasteiger partial charge in [-0.3, -0.25) is 4.79 Å². The molecule has 0 aliphatic heterocycles. The van der Waals surface area contributed by atoms with E-state index in [4.69, 9.17) is 5.73 Å². The van der Waals surface area contributed by atoms with Crippen LogP contribution >= 0.6 is 0 Å². The molecule has 4 fully saturated rings. The maximum Gasteiger partial charge on any atom is 0.249 e. The average molecular weight is 497 g/mol. The number of aromatic amines is 1. The van der Waals surface area contributed by atoms with Gasteiger partial charge in [0.05, 0.1) is 17.6 Å². The number of hydrogen-bond acceptors (Lipinski definition) is 3. The molecule has 0 atom stereocenters. The molecule has 1 heterocycles. The molecule has 1 spiro atoms. The summed E-state index contributed by atoms with van der Waals surface area (Å²) in [5.41, 5.74) is 8.25. The van der Waals surface area contributed by atoms with Crippen molar-refractivity contribution in [1.82, 2.24) is 15.3 Å². The first-order valence-corrected chi connectivity index (χ1v) is 12.7. The van der Waals surface area contributed by atoms with E-state index < -0.39 is 11.8 Å². The molecule has 2 aromatic rings. The first-order valence-electron chi connectivity index (χ1n) is 12.7. The summed E-state index contributed by atoms with van der Waals surface area (Å²) in [6.45, 7) is 2.85. The van der Waals surface area contributed by atoms with Gasteiger partial charge in [0.1, 0.15) is 5.82 Å². The zero-order valence-corrected chi connectivity index (χ0v) is 20.3. The lowest BCUT2D eigenvalue weighted by molar-refractivity contribution is -0.204. The molecular formula is C26H36F4N4O. The molecule has 4 aliphatic carbocycles. The molecule has 9 heteroatoms. The molecule has 1 amide bonds. The Morgan fingerprint density at radius 2 is 1.74 bits per heavy atom. The van der Waals surface area contributed by atoms with E-state index in [1.165, 1.54) is 19.3 Å². The van der Waals surface area contributed by atoms with Gasteiger partial charge >= 0.3 is 0 Å². The zero-order valence-electron chi connectivity index (χ0n) is 20.3. The normalized spacial score (nSPS) is 24.6. The summed E-state index contributed by atoms with van der Waals surface area (Å²) >= 11 is 0. The van der Waals surface area contributed by atoms with Crippen LogP contribution in [0.4, 0.5) is 17.6 Å². The summed E-state index contributed by atoms with van der Waals surface area (Å²) in [6.07, 6.45) is 6.74. The van der Waals surface area contributed by atoms with E-state index >= 15 is 0 Å². The summed E-state index contributed by atoms with van der Waals surface area (Å²) in [7, 11) is 0. The fourth-order valence-electron chi connectivity index (χ4n) is 5.53. The quantitative estimate of drug-likeness (QED) is 0.439. The molecular weight excluding hydrogens is 460 g/mol. The molecule has 4 N–H and O–H groups in total. The molecule has 0 bridgehead atoms. The number of aromatic nitrogens is 2. The number of carbonyl (C=O) groups is 1. The second kappa shape index (κ2) is 10.1. The molecule has 1 aromatic heterocycles. The van der Waals surface area contributed by atoms with E-state index in [0.717, 1.165) is 29.4 Å². The Morgan fingerprint density at radius 1 is 1.09 bits per heavy atom. The second-order valence-corrected chi connectivity index (χ2v) is 11.1. The molecule has 0 unspecified atom stereocenters. The van der Waals surface area contributed by atoms with Gasteiger partial charge in [0, 0.05) is 38.6 Å². The lowest BCUT2D eigenvalue weighted by Gasteiger charge is -2.56. The van der Waals surface area contributed by atoms with Gasteiger partial charge in [0.2, 0.25) is 17.8 Å². The summed E-state index contributed by atoms with van der Waals surface area (Å²) in [6, 6.07) is 5.64. The van der Waals surface area contributed by atoms with Crippen LogP contribution in [0, 0.1) is 17.3 Å². The number of fused-ring (bicyclic) bond motifs is 1. The van der Waals surface area contributed by atoms with Crippen molar-refractivity contribution in [2.24, 2.45) is 23.0 Å². The Hall–Kier alpha value is -2.16. The second-order valence-electron chi connectivity index (χ2n) is 11.1. The Morgan fingerprint density at radius 3 is 2.26 bits per heavy atom. The van der Waals surface area contributed by atoms with E-state index in [9.17, 15) is 22.4 Å². The predicted octanol–water partition coefficient (Wildman–Crippen LogP) is 6.08.